The molecule has 0 saturated heterocycles. The predicted octanol–water partition coefficient (Wildman–Crippen LogP) is 0.984. The zero-order valence-corrected chi connectivity index (χ0v) is 7.62. The van der Waals surface area contributed by atoms with Gasteiger partial charge in [-0.05, 0) is 18.1 Å². The third kappa shape index (κ3) is 2.78. The lowest BCUT2D eigenvalue weighted by Crippen LogP contribution is -2.14. The highest BCUT2D eigenvalue weighted by molar-refractivity contribution is 5.46. The van der Waals surface area contributed by atoms with Crippen molar-refractivity contribution >= 4 is 6.41 Å². The van der Waals surface area contributed by atoms with Gasteiger partial charge in [-0.1, -0.05) is 18.2 Å². The van der Waals surface area contributed by atoms with Gasteiger partial charge in [0, 0.05) is 6.54 Å². The Hall–Kier alpha value is -1.51. The molecule has 0 fully saturated rings. The molecule has 3 nitrogen and oxygen atoms in total. The lowest BCUT2D eigenvalue weighted by Gasteiger charge is -2.06. The zero-order valence-electron chi connectivity index (χ0n) is 7.62. The van der Waals surface area contributed by atoms with Gasteiger partial charge < -0.3 is 10.1 Å². The van der Waals surface area contributed by atoms with E-state index >= 15 is 0 Å². The third-order valence-electron chi connectivity index (χ3n) is 1.81. The van der Waals surface area contributed by atoms with Crippen LogP contribution in [0.25, 0.3) is 0 Å². The van der Waals surface area contributed by atoms with E-state index in [9.17, 15) is 4.79 Å². The van der Waals surface area contributed by atoms with Crippen LogP contribution in [-0.2, 0) is 11.2 Å². The Labute approximate surface area is 77.7 Å². The molecule has 1 aromatic rings. The van der Waals surface area contributed by atoms with Crippen LogP contribution in [0.2, 0.25) is 0 Å². The van der Waals surface area contributed by atoms with E-state index < -0.39 is 0 Å². The molecular weight excluding hydrogens is 166 g/mol. The SMILES string of the molecule is COc1ccccc1CCNC=O. The number of ether oxygens (including phenoxy) is 1. The van der Waals surface area contributed by atoms with Crippen LogP contribution in [-0.4, -0.2) is 20.1 Å². The smallest absolute Gasteiger partial charge is 0.207 e. The number of hydrogen-bond acceptors (Lipinski definition) is 2. The minimum absolute atomic E-state index is 0.643. The number of methoxy groups -OCH3 is 1. The van der Waals surface area contributed by atoms with E-state index in [1.807, 2.05) is 24.3 Å². The second kappa shape index (κ2) is 5.19. The number of benzene rings is 1. The molecule has 1 aromatic carbocycles. The second-order valence-corrected chi connectivity index (χ2v) is 2.63. The summed E-state index contributed by atoms with van der Waals surface area (Å²) < 4.78 is 5.16. The maximum Gasteiger partial charge on any atom is 0.207 e. The Morgan fingerprint density at radius 3 is 2.92 bits per heavy atom. The molecule has 0 radical (unpaired) electrons. The second-order valence-electron chi connectivity index (χ2n) is 2.63. The molecule has 1 N–H and O–H groups in total. The van der Waals surface area contributed by atoms with E-state index in [0.717, 1.165) is 17.7 Å². The molecule has 0 aliphatic rings. The van der Waals surface area contributed by atoms with Crippen molar-refractivity contribution < 1.29 is 9.53 Å². The molecule has 0 bridgehead atoms. The molecular formula is C10H13NO2. The Morgan fingerprint density at radius 1 is 1.46 bits per heavy atom. The molecule has 3 heteroatoms. The standard InChI is InChI=1S/C10H13NO2/c1-13-10-5-3-2-4-9(10)6-7-11-8-12/h2-5,8H,6-7H2,1H3,(H,11,12). The van der Waals surface area contributed by atoms with Gasteiger partial charge in [0.1, 0.15) is 5.75 Å². The summed E-state index contributed by atoms with van der Waals surface area (Å²) in [6, 6.07) is 7.79. The highest BCUT2D eigenvalue weighted by Gasteiger charge is 1.99. The first-order valence-corrected chi connectivity index (χ1v) is 4.17. The van der Waals surface area contributed by atoms with Crippen molar-refractivity contribution in [2.24, 2.45) is 0 Å². The fraction of sp³-hybridized carbons (Fsp3) is 0.300. The van der Waals surface area contributed by atoms with E-state index in [1.165, 1.54) is 0 Å². The van der Waals surface area contributed by atoms with Gasteiger partial charge in [0.2, 0.25) is 6.41 Å². The molecule has 0 spiro atoms. The normalized spacial score (nSPS) is 9.31. The summed E-state index contributed by atoms with van der Waals surface area (Å²) in [5.74, 6) is 0.871. The van der Waals surface area contributed by atoms with Crippen molar-refractivity contribution in [1.82, 2.24) is 5.32 Å². The van der Waals surface area contributed by atoms with Gasteiger partial charge >= 0.3 is 0 Å². The van der Waals surface area contributed by atoms with Crippen molar-refractivity contribution in [2.45, 2.75) is 6.42 Å². The lowest BCUT2D eigenvalue weighted by molar-refractivity contribution is -0.109. The first-order chi connectivity index (χ1) is 6.38. The van der Waals surface area contributed by atoms with E-state index in [0.29, 0.717) is 13.0 Å². The van der Waals surface area contributed by atoms with Gasteiger partial charge in [0.25, 0.3) is 0 Å². The first-order valence-electron chi connectivity index (χ1n) is 4.17. The van der Waals surface area contributed by atoms with Gasteiger partial charge in [0.15, 0.2) is 0 Å². The quantitative estimate of drug-likeness (QED) is 0.540. The van der Waals surface area contributed by atoms with E-state index in [-0.39, 0.29) is 0 Å². The fourth-order valence-corrected chi connectivity index (χ4v) is 1.18. The van der Waals surface area contributed by atoms with Gasteiger partial charge in [-0.25, -0.2) is 0 Å². The maximum absolute atomic E-state index is 10.0. The predicted molar refractivity (Wildman–Crippen MR) is 50.8 cm³/mol. The average Bonchev–Trinajstić information content (AvgIpc) is 2.19. The molecule has 0 aromatic heterocycles. The molecule has 0 saturated carbocycles. The van der Waals surface area contributed by atoms with Crippen molar-refractivity contribution in [1.29, 1.82) is 0 Å². The van der Waals surface area contributed by atoms with Crippen LogP contribution in [0.1, 0.15) is 5.56 Å². The van der Waals surface area contributed by atoms with Gasteiger partial charge in [0.05, 0.1) is 7.11 Å². The van der Waals surface area contributed by atoms with Gasteiger partial charge in [-0.15, -0.1) is 0 Å². The number of nitrogens with one attached hydrogen (secondary N) is 1. The number of carbonyl (C=O) groups is 1. The summed E-state index contributed by atoms with van der Waals surface area (Å²) in [4.78, 5) is 10.0. The number of amides is 1. The summed E-state index contributed by atoms with van der Waals surface area (Å²) in [5, 5.41) is 2.61. The Bertz CT molecular complexity index is 273. The van der Waals surface area contributed by atoms with Crippen LogP contribution in [0.5, 0.6) is 5.75 Å². The minimum atomic E-state index is 0.643. The largest absolute Gasteiger partial charge is 0.496 e. The highest BCUT2D eigenvalue weighted by Crippen LogP contribution is 2.16. The number of hydrogen-bond donors (Lipinski definition) is 1. The molecule has 13 heavy (non-hydrogen) atoms. The first kappa shape index (κ1) is 9.58. The highest BCUT2D eigenvalue weighted by atomic mass is 16.5. The topological polar surface area (TPSA) is 38.3 Å². The summed E-state index contributed by atoms with van der Waals surface area (Å²) in [6.45, 7) is 0.643. The summed E-state index contributed by atoms with van der Waals surface area (Å²) in [5.41, 5.74) is 1.11. The van der Waals surface area contributed by atoms with Gasteiger partial charge in [-0.3, -0.25) is 4.79 Å². The molecule has 0 atom stereocenters. The lowest BCUT2D eigenvalue weighted by atomic mass is 10.1. The monoisotopic (exact) mass is 179 g/mol. The fourth-order valence-electron chi connectivity index (χ4n) is 1.18. The minimum Gasteiger partial charge on any atom is -0.496 e. The van der Waals surface area contributed by atoms with Crippen LogP contribution >= 0.6 is 0 Å². The summed E-state index contributed by atoms with van der Waals surface area (Å²) >= 11 is 0. The maximum atomic E-state index is 10.0. The van der Waals surface area contributed by atoms with Crippen LogP contribution in [0.15, 0.2) is 24.3 Å². The molecule has 70 valence electrons. The van der Waals surface area contributed by atoms with Crippen LogP contribution < -0.4 is 10.1 Å². The van der Waals surface area contributed by atoms with E-state index in [2.05, 4.69) is 5.32 Å². The van der Waals surface area contributed by atoms with Crippen molar-refractivity contribution in [3.63, 3.8) is 0 Å². The molecule has 0 aliphatic heterocycles. The average molecular weight is 179 g/mol. The Morgan fingerprint density at radius 2 is 2.23 bits per heavy atom. The number of rotatable bonds is 5. The summed E-state index contributed by atoms with van der Waals surface area (Å²) in [6.07, 6.45) is 1.50. The molecule has 0 unspecified atom stereocenters. The van der Waals surface area contributed by atoms with Crippen molar-refractivity contribution in [3.05, 3.63) is 29.8 Å². The molecule has 1 amide bonds. The summed E-state index contributed by atoms with van der Waals surface area (Å²) in [7, 11) is 1.64. The van der Waals surface area contributed by atoms with Crippen molar-refractivity contribution in [2.75, 3.05) is 13.7 Å². The van der Waals surface area contributed by atoms with Crippen LogP contribution in [0, 0.1) is 0 Å². The third-order valence-corrected chi connectivity index (χ3v) is 1.81. The Kier molecular flexibility index (Phi) is 3.82. The zero-order chi connectivity index (χ0) is 9.52. The number of carbonyl (C=O) groups excluding carboxylic acids is 1. The molecule has 0 aliphatic carbocycles. The van der Waals surface area contributed by atoms with Gasteiger partial charge in [-0.2, -0.15) is 0 Å². The van der Waals surface area contributed by atoms with Crippen LogP contribution in [0.3, 0.4) is 0 Å². The molecule has 1 rings (SSSR count). The van der Waals surface area contributed by atoms with E-state index in [1.54, 1.807) is 7.11 Å². The van der Waals surface area contributed by atoms with Crippen LogP contribution in [0.4, 0.5) is 0 Å². The van der Waals surface area contributed by atoms with Crippen molar-refractivity contribution in [3.8, 4) is 5.75 Å². The Balaban J connectivity index is 2.58. The number of para-hydroxylation sites is 1. The molecule has 0 heterocycles. The van der Waals surface area contributed by atoms with E-state index in [4.69, 9.17) is 4.74 Å².